The van der Waals surface area contributed by atoms with E-state index >= 15 is 0 Å². The first kappa shape index (κ1) is 17.6. The minimum Gasteiger partial charge on any atom is -0.494 e. The van der Waals surface area contributed by atoms with Crippen LogP contribution in [0.15, 0.2) is 30.0 Å². The second-order valence-corrected chi connectivity index (χ2v) is 5.35. The molecule has 0 bridgehead atoms. The number of ketones is 1. The molecular formula is C19H17FO6. The fourth-order valence-corrected chi connectivity index (χ4v) is 2.74. The second-order valence-electron chi connectivity index (χ2n) is 5.35. The number of Topliss-reactive ketones (excluding diaryl/α,β-unsaturated/α-hetero) is 1. The maximum atomic E-state index is 13.9. The largest absolute Gasteiger partial charge is 0.494 e. The summed E-state index contributed by atoms with van der Waals surface area (Å²) in [6.07, 6.45) is 1.45. The number of carbonyl (C=O) groups is 1. The lowest BCUT2D eigenvalue weighted by atomic mass is 10.1. The molecule has 7 heteroatoms. The normalized spacial score (nSPS) is 14.0. The molecule has 1 heterocycles. The Kier molecular flexibility index (Phi) is 4.71. The highest BCUT2D eigenvalue weighted by molar-refractivity contribution is 6.16. The standard InChI is InChI=1S/C19H17FO6/c1-22-12-6-5-10(7-11(12)20)8-14-17(21)16-13(26-14)9-15(23-2)18(24-3)19(16)25-4/h5-9H,1-4H3/b14-8-. The number of benzene rings is 2. The van der Waals surface area contributed by atoms with Crippen LogP contribution < -0.4 is 23.7 Å². The number of ether oxygens (including phenoxy) is 5. The van der Waals surface area contributed by atoms with Crippen LogP contribution in [0.5, 0.6) is 28.7 Å². The average molecular weight is 360 g/mol. The molecule has 2 aromatic carbocycles. The Hall–Kier alpha value is -3.22. The van der Waals surface area contributed by atoms with Gasteiger partial charge in [0.1, 0.15) is 11.3 Å². The first-order valence-electron chi connectivity index (χ1n) is 7.64. The molecule has 0 unspecified atom stereocenters. The van der Waals surface area contributed by atoms with E-state index in [1.807, 2.05) is 0 Å². The molecule has 26 heavy (non-hydrogen) atoms. The van der Waals surface area contributed by atoms with Crippen molar-refractivity contribution in [1.82, 2.24) is 0 Å². The van der Waals surface area contributed by atoms with Gasteiger partial charge in [0.05, 0.1) is 28.4 Å². The Labute approximate surface area is 149 Å². The van der Waals surface area contributed by atoms with Crippen LogP contribution in [0, 0.1) is 5.82 Å². The smallest absolute Gasteiger partial charge is 0.235 e. The van der Waals surface area contributed by atoms with E-state index < -0.39 is 11.6 Å². The van der Waals surface area contributed by atoms with Crippen LogP contribution in [0.1, 0.15) is 15.9 Å². The first-order valence-corrected chi connectivity index (χ1v) is 7.64. The number of methoxy groups -OCH3 is 4. The zero-order valence-corrected chi connectivity index (χ0v) is 14.7. The van der Waals surface area contributed by atoms with E-state index in [4.69, 9.17) is 23.7 Å². The Bertz CT molecular complexity index is 903. The Morgan fingerprint density at radius 3 is 2.19 bits per heavy atom. The molecule has 0 fully saturated rings. The minimum absolute atomic E-state index is 0.0400. The minimum atomic E-state index is -0.536. The molecule has 6 nitrogen and oxygen atoms in total. The topological polar surface area (TPSA) is 63.2 Å². The second kappa shape index (κ2) is 6.95. The van der Waals surface area contributed by atoms with Crippen molar-refractivity contribution < 1.29 is 32.9 Å². The number of carbonyl (C=O) groups excluding carboxylic acids is 1. The molecule has 0 aromatic heterocycles. The van der Waals surface area contributed by atoms with Crippen LogP contribution >= 0.6 is 0 Å². The van der Waals surface area contributed by atoms with Crippen LogP contribution in [0.2, 0.25) is 0 Å². The molecule has 0 atom stereocenters. The lowest BCUT2D eigenvalue weighted by Gasteiger charge is -2.13. The van der Waals surface area contributed by atoms with Crippen molar-refractivity contribution in [3.05, 3.63) is 47.0 Å². The van der Waals surface area contributed by atoms with Gasteiger partial charge >= 0.3 is 0 Å². The van der Waals surface area contributed by atoms with Gasteiger partial charge in [0.25, 0.3) is 0 Å². The summed E-state index contributed by atoms with van der Waals surface area (Å²) in [5.74, 6) is 0.388. The predicted octanol–water partition coefficient (Wildman–Crippen LogP) is 3.48. The molecule has 0 spiro atoms. The van der Waals surface area contributed by atoms with Crippen molar-refractivity contribution in [3.63, 3.8) is 0 Å². The maximum Gasteiger partial charge on any atom is 0.235 e. The number of hydrogen-bond acceptors (Lipinski definition) is 6. The number of halogens is 1. The molecule has 2 aromatic rings. The summed E-state index contributed by atoms with van der Waals surface area (Å²) in [5.41, 5.74) is 0.683. The van der Waals surface area contributed by atoms with Crippen LogP contribution in [0.25, 0.3) is 6.08 Å². The Balaban J connectivity index is 2.06. The summed E-state index contributed by atoms with van der Waals surface area (Å²) < 4.78 is 40.3. The zero-order valence-electron chi connectivity index (χ0n) is 14.7. The fraction of sp³-hybridized carbons (Fsp3) is 0.211. The first-order chi connectivity index (χ1) is 12.5. The molecule has 1 aliphatic heterocycles. The highest BCUT2D eigenvalue weighted by Gasteiger charge is 2.35. The van der Waals surface area contributed by atoms with Gasteiger partial charge in [-0.25, -0.2) is 4.39 Å². The number of rotatable bonds is 5. The fourth-order valence-electron chi connectivity index (χ4n) is 2.74. The summed E-state index contributed by atoms with van der Waals surface area (Å²) in [6.45, 7) is 0. The van der Waals surface area contributed by atoms with Gasteiger partial charge in [-0.15, -0.1) is 0 Å². The van der Waals surface area contributed by atoms with Crippen molar-refractivity contribution in [1.29, 1.82) is 0 Å². The molecule has 136 valence electrons. The molecule has 0 amide bonds. The zero-order chi connectivity index (χ0) is 18.8. The van der Waals surface area contributed by atoms with Crippen molar-refractivity contribution in [3.8, 4) is 28.7 Å². The van der Waals surface area contributed by atoms with Gasteiger partial charge in [-0.05, 0) is 23.8 Å². The number of allylic oxidation sites excluding steroid dienone is 1. The molecule has 0 saturated carbocycles. The van der Waals surface area contributed by atoms with Gasteiger partial charge in [0, 0.05) is 6.07 Å². The molecule has 0 saturated heterocycles. The van der Waals surface area contributed by atoms with E-state index in [1.54, 1.807) is 12.1 Å². The van der Waals surface area contributed by atoms with Gasteiger partial charge in [-0.3, -0.25) is 4.79 Å². The van der Waals surface area contributed by atoms with Gasteiger partial charge in [0.15, 0.2) is 28.8 Å². The monoisotopic (exact) mass is 360 g/mol. The highest BCUT2D eigenvalue weighted by atomic mass is 19.1. The molecule has 0 N–H and O–H groups in total. The van der Waals surface area contributed by atoms with E-state index in [2.05, 4.69) is 0 Å². The molecule has 0 radical (unpaired) electrons. The summed E-state index contributed by atoms with van der Waals surface area (Å²) in [5, 5.41) is 0. The predicted molar refractivity (Wildman–Crippen MR) is 92.0 cm³/mol. The Morgan fingerprint density at radius 2 is 1.62 bits per heavy atom. The SMILES string of the molecule is COc1ccc(/C=C2\Oc3cc(OC)c(OC)c(OC)c3C2=O)cc1F. The van der Waals surface area contributed by atoms with Crippen molar-refractivity contribution in [2.24, 2.45) is 0 Å². The number of hydrogen-bond donors (Lipinski definition) is 0. The van der Waals surface area contributed by atoms with Crippen molar-refractivity contribution in [2.75, 3.05) is 28.4 Å². The van der Waals surface area contributed by atoms with Crippen LogP contribution in [0.4, 0.5) is 4.39 Å². The molecule has 3 rings (SSSR count). The van der Waals surface area contributed by atoms with Crippen molar-refractivity contribution in [2.45, 2.75) is 0 Å². The van der Waals surface area contributed by atoms with Crippen molar-refractivity contribution >= 4 is 11.9 Å². The average Bonchev–Trinajstić information content (AvgIpc) is 2.95. The van der Waals surface area contributed by atoms with E-state index in [1.165, 1.54) is 46.6 Å². The molecular weight excluding hydrogens is 343 g/mol. The van der Waals surface area contributed by atoms with Crippen LogP contribution in [0.3, 0.4) is 0 Å². The molecule has 1 aliphatic rings. The highest BCUT2D eigenvalue weighted by Crippen LogP contribution is 2.49. The maximum absolute atomic E-state index is 13.9. The van der Waals surface area contributed by atoms with Gasteiger partial charge in [-0.2, -0.15) is 0 Å². The number of fused-ring (bicyclic) bond motifs is 1. The third-order valence-corrected chi connectivity index (χ3v) is 3.94. The summed E-state index contributed by atoms with van der Waals surface area (Å²) >= 11 is 0. The van der Waals surface area contributed by atoms with E-state index in [9.17, 15) is 9.18 Å². The lowest BCUT2D eigenvalue weighted by Crippen LogP contribution is -2.02. The third kappa shape index (κ3) is 2.81. The Morgan fingerprint density at radius 1 is 0.923 bits per heavy atom. The quantitative estimate of drug-likeness (QED) is 0.761. The van der Waals surface area contributed by atoms with Gasteiger partial charge in [0.2, 0.25) is 11.5 Å². The summed E-state index contributed by atoms with van der Waals surface area (Å²) in [4.78, 5) is 12.8. The van der Waals surface area contributed by atoms with Crippen LogP contribution in [-0.4, -0.2) is 34.2 Å². The van der Waals surface area contributed by atoms with Crippen LogP contribution in [-0.2, 0) is 0 Å². The van der Waals surface area contributed by atoms with E-state index in [0.29, 0.717) is 17.1 Å². The lowest BCUT2D eigenvalue weighted by molar-refractivity contribution is 0.101. The van der Waals surface area contributed by atoms with E-state index in [-0.39, 0.29) is 28.6 Å². The molecule has 0 aliphatic carbocycles. The van der Waals surface area contributed by atoms with Gasteiger partial charge in [-0.1, -0.05) is 6.07 Å². The van der Waals surface area contributed by atoms with Gasteiger partial charge < -0.3 is 23.7 Å². The summed E-state index contributed by atoms with van der Waals surface area (Å²) in [6, 6.07) is 5.89. The summed E-state index contributed by atoms with van der Waals surface area (Å²) in [7, 11) is 5.72. The third-order valence-electron chi connectivity index (χ3n) is 3.94. The van der Waals surface area contributed by atoms with E-state index in [0.717, 1.165) is 0 Å².